The van der Waals surface area contributed by atoms with Crippen LogP contribution in [0.2, 0.25) is 0 Å². The molecule has 162 valence electrons. The second-order valence-corrected chi connectivity index (χ2v) is 6.10. The maximum absolute atomic E-state index is 10.1. The number of nitrogens with zero attached hydrogens (tertiary/aromatic N) is 2. The molecule has 0 radical (unpaired) electrons. The van der Waals surface area contributed by atoms with E-state index in [-0.39, 0.29) is 11.5 Å². The van der Waals surface area contributed by atoms with Gasteiger partial charge in [0.15, 0.2) is 23.0 Å². The van der Waals surface area contributed by atoms with E-state index in [0.29, 0.717) is 49.1 Å². The van der Waals surface area contributed by atoms with Gasteiger partial charge in [0.1, 0.15) is 13.2 Å². The third kappa shape index (κ3) is 7.20. The summed E-state index contributed by atoms with van der Waals surface area (Å²) in [6.45, 7) is 5.46. The topological polar surface area (TPSA) is 102 Å². The van der Waals surface area contributed by atoms with E-state index >= 15 is 0 Å². The van der Waals surface area contributed by atoms with Gasteiger partial charge in [0.05, 0.1) is 25.6 Å². The largest absolute Gasteiger partial charge is 0.504 e. The van der Waals surface area contributed by atoms with Gasteiger partial charge in [-0.05, 0) is 51.0 Å². The lowest BCUT2D eigenvalue weighted by Crippen LogP contribution is -1.96. The molecule has 0 aliphatic heterocycles. The van der Waals surface area contributed by atoms with Crippen molar-refractivity contribution in [3.8, 4) is 23.0 Å². The smallest absolute Gasteiger partial charge is 0.166 e. The van der Waals surface area contributed by atoms with E-state index in [2.05, 4.69) is 10.3 Å². The van der Waals surface area contributed by atoms with Crippen molar-refractivity contribution in [2.45, 2.75) is 26.7 Å². The minimum atomic E-state index is 0.0378. The molecule has 0 heterocycles. The first-order chi connectivity index (χ1) is 14.7. The summed E-state index contributed by atoms with van der Waals surface area (Å²) in [5, 5.41) is 27.8. The zero-order chi connectivity index (χ0) is 21.6. The number of hydrogen-bond donors (Lipinski definition) is 2. The van der Waals surface area contributed by atoms with Crippen LogP contribution in [-0.4, -0.2) is 49.1 Å². The number of phenolic OH excluding ortho intramolecular Hbond substituents is 2. The van der Waals surface area contributed by atoms with Crippen molar-refractivity contribution in [1.82, 2.24) is 0 Å². The number of ether oxygens (including phenoxy) is 2. The third-order valence-electron chi connectivity index (χ3n) is 3.91. The molecule has 2 rings (SSSR count). The maximum atomic E-state index is 10.1. The van der Waals surface area contributed by atoms with Crippen LogP contribution in [0.1, 0.15) is 37.8 Å². The Morgan fingerprint density at radius 3 is 1.57 bits per heavy atom. The Morgan fingerprint density at radius 2 is 1.17 bits per heavy atom. The molecule has 0 amide bonds. The Kier molecular flexibility index (Phi) is 9.85. The fraction of sp³-hybridized carbons (Fsp3) is 0.364. The van der Waals surface area contributed by atoms with Crippen molar-refractivity contribution in [2.75, 3.05) is 26.4 Å². The summed E-state index contributed by atoms with van der Waals surface area (Å²) in [4.78, 5) is 10.4. The van der Waals surface area contributed by atoms with Gasteiger partial charge in [0.2, 0.25) is 0 Å². The lowest BCUT2D eigenvalue weighted by atomic mass is 10.2. The van der Waals surface area contributed by atoms with Crippen molar-refractivity contribution in [3.05, 3.63) is 47.5 Å². The average molecular weight is 416 g/mol. The summed E-state index contributed by atoms with van der Waals surface area (Å²) in [5.74, 6) is 0.903. The highest BCUT2D eigenvalue weighted by atomic mass is 16.6. The van der Waals surface area contributed by atoms with Gasteiger partial charge >= 0.3 is 0 Å². The Balaban J connectivity index is 1.64. The first-order valence-electron chi connectivity index (χ1n) is 9.87. The summed E-state index contributed by atoms with van der Waals surface area (Å²) in [6, 6.07) is 10.4. The molecule has 8 nitrogen and oxygen atoms in total. The summed E-state index contributed by atoms with van der Waals surface area (Å²) < 4.78 is 10.6. The van der Waals surface area contributed by atoms with Crippen LogP contribution in [-0.2, 0) is 9.68 Å². The van der Waals surface area contributed by atoms with Crippen molar-refractivity contribution in [1.29, 1.82) is 0 Å². The van der Waals surface area contributed by atoms with Crippen molar-refractivity contribution in [2.24, 2.45) is 10.3 Å². The molecule has 8 heteroatoms. The number of aromatic hydroxyl groups is 2. The SMILES string of the molecule is CCOc1cccc(/C=N/OCCCCO/N=C/c2cccc(OCC)c2O)c1O. The Bertz CT molecular complexity index is 769. The molecule has 0 unspecified atom stereocenters. The maximum Gasteiger partial charge on any atom is 0.166 e. The molecule has 2 aromatic carbocycles. The number of rotatable bonds is 13. The normalized spacial score (nSPS) is 11.1. The van der Waals surface area contributed by atoms with Gasteiger partial charge in [-0.3, -0.25) is 0 Å². The molecular formula is C22H28N2O6. The molecule has 0 aliphatic carbocycles. The van der Waals surface area contributed by atoms with Crippen LogP contribution < -0.4 is 9.47 Å². The van der Waals surface area contributed by atoms with Crippen LogP contribution in [0.3, 0.4) is 0 Å². The number of oxime groups is 2. The summed E-state index contributed by atoms with van der Waals surface area (Å²) in [6.07, 6.45) is 4.34. The van der Waals surface area contributed by atoms with Crippen LogP contribution >= 0.6 is 0 Å². The molecule has 0 aliphatic rings. The number of phenols is 2. The molecular weight excluding hydrogens is 388 g/mol. The molecule has 0 bridgehead atoms. The molecule has 0 atom stereocenters. The molecule has 2 N–H and O–H groups in total. The number of para-hydroxylation sites is 2. The summed E-state index contributed by atoms with van der Waals surface area (Å²) in [5.41, 5.74) is 1.05. The zero-order valence-electron chi connectivity index (χ0n) is 17.3. The lowest BCUT2D eigenvalue weighted by molar-refractivity contribution is 0.112. The second kappa shape index (κ2) is 12.9. The second-order valence-electron chi connectivity index (χ2n) is 6.10. The minimum absolute atomic E-state index is 0.0378. The van der Waals surface area contributed by atoms with Crippen molar-refractivity contribution < 1.29 is 29.4 Å². The number of hydrogen-bond acceptors (Lipinski definition) is 8. The number of benzene rings is 2. The lowest BCUT2D eigenvalue weighted by Gasteiger charge is -2.07. The monoisotopic (exact) mass is 416 g/mol. The van der Waals surface area contributed by atoms with Gasteiger partial charge in [-0.1, -0.05) is 22.4 Å². The van der Waals surface area contributed by atoms with E-state index in [0.717, 1.165) is 12.8 Å². The van der Waals surface area contributed by atoms with Crippen LogP contribution in [0.15, 0.2) is 46.7 Å². The van der Waals surface area contributed by atoms with Gasteiger partial charge in [-0.2, -0.15) is 0 Å². The van der Waals surface area contributed by atoms with Crippen LogP contribution in [0, 0.1) is 0 Å². The quantitative estimate of drug-likeness (QED) is 0.290. The third-order valence-corrected chi connectivity index (χ3v) is 3.91. The van der Waals surface area contributed by atoms with E-state index in [1.807, 2.05) is 13.8 Å². The Morgan fingerprint density at radius 1 is 0.733 bits per heavy atom. The van der Waals surface area contributed by atoms with E-state index in [9.17, 15) is 10.2 Å². The zero-order valence-corrected chi connectivity index (χ0v) is 17.3. The molecule has 0 spiro atoms. The Hall–Kier alpha value is -3.42. The summed E-state index contributed by atoms with van der Waals surface area (Å²) in [7, 11) is 0. The number of unbranched alkanes of at least 4 members (excludes halogenated alkanes) is 1. The molecule has 0 saturated heterocycles. The first-order valence-corrected chi connectivity index (χ1v) is 9.87. The van der Waals surface area contributed by atoms with Gasteiger partial charge in [-0.25, -0.2) is 0 Å². The van der Waals surface area contributed by atoms with Crippen molar-refractivity contribution in [3.63, 3.8) is 0 Å². The van der Waals surface area contributed by atoms with Crippen LogP contribution in [0.25, 0.3) is 0 Å². The van der Waals surface area contributed by atoms with E-state index in [4.69, 9.17) is 19.1 Å². The fourth-order valence-electron chi connectivity index (χ4n) is 2.46. The highest BCUT2D eigenvalue weighted by molar-refractivity contribution is 5.84. The summed E-state index contributed by atoms with van der Waals surface area (Å²) >= 11 is 0. The Labute approximate surface area is 176 Å². The van der Waals surface area contributed by atoms with Gasteiger partial charge < -0.3 is 29.4 Å². The molecule has 0 saturated carbocycles. The van der Waals surface area contributed by atoms with E-state index < -0.39 is 0 Å². The van der Waals surface area contributed by atoms with Crippen LogP contribution in [0.5, 0.6) is 23.0 Å². The molecule has 30 heavy (non-hydrogen) atoms. The molecule has 0 aromatic heterocycles. The fourth-order valence-corrected chi connectivity index (χ4v) is 2.46. The average Bonchev–Trinajstić information content (AvgIpc) is 2.74. The van der Waals surface area contributed by atoms with Gasteiger partial charge in [-0.15, -0.1) is 0 Å². The van der Waals surface area contributed by atoms with E-state index in [1.54, 1.807) is 36.4 Å². The predicted molar refractivity (Wildman–Crippen MR) is 115 cm³/mol. The highest BCUT2D eigenvalue weighted by Gasteiger charge is 2.06. The van der Waals surface area contributed by atoms with Crippen molar-refractivity contribution >= 4 is 12.4 Å². The van der Waals surface area contributed by atoms with E-state index in [1.165, 1.54) is 12.4 Å². The standard InChI is InChI=1S/C22H28N2O6/c1-3-27-19-11-7-9-17(21(19)25)15-23-29-13-5-6-14-30-24-16-18-10-8-12-20(22(18)26)28-4-2/h7-12,15-16,25-26H,3-6,13-14H2,1-2H3/b23-15+,24-16+. The highest BCUT2D eigenvalue weighted by Crippen LogP contribution is 2.29. The van der Waals surface area contributed by atoms with Gasteiger partial charge in [0.25, 0.3) is 0 Å². The predicted octanol–water partition coefficient (Wildman–Crippen LogP) is 4.08. The molecule has 0 fully saturated rings. The first kappa shape index (κ1) is 22.9. The minimum Gasteiger partial charge on any atom is -0.504 e. The van der Waals surface area contributed by atoms with Crippen LogP contribution in [0.4, 0.5) is 0 Å². The molecule has 2 aromatic rings. The van der Waals surface area contributed by atoms with Gasteiger partial charge in [0, 0.05) is 11.1 Å².